The Hall–Kier alpha value is -3.73. The Morgan fingerprint density at radius 3 is 2.55 bits per heavy atom. The average Bonchev–Trinajstić information content (AvgIpc) is 3.64. The molecule has 232 valence electrons. The molecule has 0 radical (unpaired) electrons. The lowest BCUT2D eigenvalue weighted by Crippen LogP contribution is -2.50. The van der Waals surface area contributed by atoms with Gasteiger partial charge in [0.2, 0.25) is 5.91 Å². The van der Waals surface area contributed by atoms with Crippen molar-refractivity contribution >= 4 is 33.7 Å². The van der Waals surface area contributed by atoms with Crippen LogP contribution in [0.25, 0.3) is 0 Å². The van der Waals surface area contributed by atoms with Crippen LogP contribution >= 0.6 is 15.9 Å². The lowest BCUT2D eigenvalue weighted by Gasteiger charge is -2.43. The summed E-state index contributed by atoms with van der Waals surface area (Å²) in [6.07, 6.45) is 4.70. The SMILES string of the molecule is CC(Oc1ccc(Br)c2c1[C@@H](CN1Cc3ccccc3C1=O)N(C(=O)[C@@H]1CCCC[C@@H]1C(=O)O)CC2)c1cn(C(C)C)nn1. The van der Waals surface area contributed by atoms with Crippen LogP contribution in [0.15, 0.2) is 47.1 Å². The van der Waals surface area contributed by atoms with Crippen LogP contribution < -0.4 is 4.74 Å². The van der Waals surface area contributed by atoms with Crippen LogP contribution in [-0.4, -0.2) is 60.8 Å². The Morgan fingerprint density at radius 1 is 1.09 bits per heavy atom. The van der Waals surface area contributed by atoms with Crippen LogP contribution in [0.4, 0.5) is 0 Å². The van der Waals surface area contributed by atoms with Crippen molar-refractivity contribution in [2.75, 3.05) is 13.1 Å². The van der Waals surface area contributed by atoms with E-state index in [-0.39, 0.29) is 24.4 Å². The molecule has 0 bridgehead atoms. The highest BCUT2D eigenvalue weighted by Crippen LogP contribution is 2.44. The first kappa shape index (κ1) is 30.3. The standard InChI is InChI=1S/C33H38BrN5O5/c1-19(2)39-17-27(35-36-39)20(3)44-29-13-12-26(34)25-14-15-38(32(41)23-10-6-7-11-24(23)33(42)43)28(30(25)29)18-37-16-21-8-4-5-9-22(21)31(37)40/h4-5,8-9,12-13,17,19-20,23-24,28H,6-7,10-11,14-16,18H2,1-3H3,(H,42,43)/t20?,23-,24+,28-/m1/s1. The number of carboxylic acid groups (broad SMARTS) is 1. The van der Waals surface area contributed by atoms with Gasteiger partial charge in [-0.3, -0.25) is 14.4 Å². The van der Waals surface area contributed by atoms with Crippen molar-refractivity contribution in [1.82, 2.24) is 24.8 Å². The van der Waals surface area contributed by atoms with Gasteiger partial charge in [0.15, 0.2) is 0 Å². The molecule has 1 unspecified atom stereocenters. The van der Waals surface area contributed by atoms with Crippen LogP contribution in [-0.2, 0) is 22.6 Å². The summed E-state index contributed by atoms with van der Waals surface area (Å²) in [5, 5.41) is 18.6. The second kappa shape index (κ2) is 12.3. The maximum atomic E-state index is 14.4. The second-order valence-electron chi connectivity index (χ2n) is 12.4. The number of rotatable bonds is 8. The van der Waals surface area contributed by atoms with E-state index in [0.717, 1.165) is 34.0 Å². The van der Waals surface area contributed by atoms with Crippen molar-refractivity contribution < 1.29 is 24.2 Å². The van der Waals surface area contributed by atoms with Gasteiger partial charge >= 0.3 is 5.97 Å². The van der Waals surface area contributed by atoms with Crippen molar-refractivity contribution in [2.45, 2.75) is 77.6 Å². The van der Waals surface area contributed by atoms with Crippen molar-refractivity contribution in [1.29, 1.82) is 0 Å². The Morgan fingerprint density at radius 2 is 1.84 bits per heavy atom. The van der Waals surface area contributed by atoms with Gasteiger partial charge in [0.05, 0.1) is 24.1 Å². The molecule has 1 N–H and O–H groups in total. The lowest BCUT2D eigenvalue weighted by atomic mass is 9.77. The molecule has 3 heterocycles. The van der Waals surface area contributed by atoms with Gasteiger partial charge in [-0.1, -0.05) is 52.2 Å². The van der Waals surface area contributed by atoms with Crippen LogP contribution in [0.1, 0.15) is 97.4 Å². The number of aliphatic carboxylic acids is 1. The lowest BCUT2D eigenvalue weighted by molar-refractivity contribution is -0.153. The Bertz CT molecular complexity index is 1590. The zero-order valence-corrected chi connectivity index (χ0v) is 26.9. The monoisotopic (exact) mass is 663 g/mol. The topological polar surface area (TPSA) is 118 Å². The molecule has 0 saturated heterocycles. The molecular formula is C33H38BrN5O5. The molecule has 2 aromatic carbocycles. The van der Waals surface area contributed by atoms with E-state index in [4.69, 9.17) is 4.74 Å². The molecule has 6 rings (SSSR count). The Kier molecular flexibility index (Phi) is 8.50. The largest absolute Gasteiger partial charge is 0.484 e. The molecule has 10 nitrogen and oxygen atoms in total. The molecular weight excluding hydrogens is 626 g/mol. The normalized spacial score (nSPS) is 22.1. The van der Waals surface area contributed by atoms with Crippen molar-refractivity contribution in [3.63, 3.8) is 0 Å². The number of amides is 2. The minimum atomic E-state index is -0.919. The van der Waals surface area contributed by atoms with Gasteiger partial charge in [-0.05, 0) is 69.4 Å². The first-order valence-electron chi connectivity index (χ1n) is 15.4. The molecule has 0 spiro atoms. The summed E-state index contributed by atoms with van der Waals surface area (Å²) in [6.45, 7) is 7.12. The molecule has 1 aliphatic carbocycles. The van der Waals surface area contributed by atoms with Crippen LogP contribution in [0.3, 0.4) is 0 Å². The summed E-state index contributed by atoms with van der Waals surface area (Å²) in [5.74, 6) is -1.85. The van der Waals surface area contributed by atoms with E-state index in [2.05, 4.69) is 26.2 Å². The molecule has 3 aliphatic rings. The van der Waals surface area contributed by atoms with Gasteiger partial charge in [-0.2, -0.15) is 0 Å². The molecule has 1 aromatic heterocycles. The molecule has 44 heavy (non-hydrogen) atoms. The number of fused-ring (bicyclic) bond motifs is 2. The molecule has 3 aromatic rings. The van der Waals surface area contributed by atoms with Crippen molar-refractivity contribution in [3.8, 4) is 5.75 Å². The number of nitrogens with zero attached hydrogens (tertiary/aromatic N) is 5. The fourth-order valence-electron chi connectivity index (χ4n) is 6.92. The quantitative estimate of drug-likeness (QED) is 0.327. The number of carboxylic acids is 1. The Balaban J connectivity index is 1.39. The summed E-state index contributed by atoms with van der Waals surface area (Å²) in [4.78, 5) is 43.7. The number of carbonyl (C=O) groups is 3. The van der Waals surface area contributed by atoms with Gasteiger partial charge in [-0.25, -0.2) is 4.68 Å². The third-order valence-electron chi connectivity index (χ3n) is 9.32. The van der Waals surface area contributed by atoms with E-state index in [1.54, 1.807) is 9.58 Å². The van der Waals surface area contributed by atoms with E-state index in [1.807, 2.05) is 68.3 Å². The van der Waals surface area contributed by atoms with Gasteiger partial charge in [0.25, 0.3) is 5.91 Å². The molecule has 1 saturated carbocycles. The number of hydrogen-bond donors (Lipinski definition) is 1. The average molecular weight is 665 g/mol. The maximum Gasteiger partial charge on any atom is 0.307 e. The highest BCUT2D eigenvalue weighted by Gasteiger charge is 2.44. The Labute approximate surface area is 265 Å². The number of carbonyl (C=O) groups excluding carboxylic acids is 2. The van der Waals surface area contributed by atoms with Crippen molar-refractivity contribution in [3.05, 3.63) is 75.0 Å². The van der Waals surface area contributed by atoms with Crippen LogP contribution in [0.2, 0.25) is 0 Å². The highest BCUT2D eigenvalue weighted by molar-refractivity contribution is 9.10. The summed E-state index contributed by atoms with van der Waals surface area (Å²) < 4.78 is 9.29. The summed E-state index contributed by atoms with van der Waals surface area (Å²) in [5.41, 5.74) is 4.18. The first-order chi connectivity index (χ1) is 21.1. The number of hydrogen-bond acceptors (Lipinski definition) is 6. The minimum Gasteiger partial charge on any atom is -0.484 e. The second-order valence-corrected chi connectivity index (χ2v) is 13.2. The zero-order valence-electron chi connectivity index (χ0n) is 25.3. The molecule has 1 fully saturated rings. The molecule has 11 heteroatoms. The molecule has 2 amide bonds. The van der Waals surface area contributed by atoms with E-state index < -0.39 is 30.0 Å². The summed E-state index contributed by atoms with van der Waals surface area (Å²) >= 11 is 3.74. The third kappa shape index (κ3) is 5.62. The number of halogens is 1. The number of benzene rings is 2. The van der Waals surface area contributed by atoms with E-state index >= 15 is 0 Å². The van der Waals surface area contributed by atoms with Crippen LogP contribution in [0.5, 0.6) is 5.75 Å². The van der Waals surface area contributed by atoms with Gasteiger partial charge < -0.3 is 19.6 Å². The zero-order chi connectivity index (χ0) is 31.1. The first-order valence-corrected chi connectivity index (χ1v) is 16.2. The van der Waals surface area contributed by atoms with Crippen LogP contribution in [0, 0.1) is 11.8 Å². The van der Waals surface area contributed by atoms with Gasteiger partial charge in [0.1, 0.15) is 17.5 Å². The number of ether oxygens (including phenoxy) is 1. The minimum absolute atomic E-state index is 0.0719. The summed E-state index contributed by atoms with van der Waals surface area (Å²) in [6, 6.07) is 11.1. The van der Waals surface area contributed by atoms with Crippen molar-refractivity contribution in [2.24, 2.45) is 11.8 Å². The van der Waals surface area contributed by atoms with Gasteiger partial charge in [-0.15, -0.1) is 5.10 Å². The smallest absolute Gasteiger partial charge is 0.307 e. The molecule has 2 aliphatic heterocycles. The fraction of sp³-hybridized carbons (Fsp3) is 0.485. The van der Waals surface area contributed by atoms with E-state index in [9.17, 15) is 19.5 Å². The predicted molar refractivity (Wildman–Crippen MR) is 166 cm³/mol. The highest BCUT2D eigenvalue weighted by atomic mass is 79.9. The van der Waals surface area contributed by atoms with Gasteiger partial charge in [0, 0.05) is 41.3 Å². The fourth-order valence-corrected chi connectivity index (χ4v) is 7.47. The van der Waals surface area contributed by atoms with E-state index in [0.29, 0.717) is 49.4 Å². The number of aromatic nitrogens is 3. The maximum absolute atomic E-state index is 14.4. The third-order valence-corrected chi connectivity index (χ3v) is 10.1. The summed E-state index contributed by atoms with van der Waals surface area (Å²) in [7, 11) is 0. The molecule has 4 atom stereocenters. The predicted octanol–water partition coefficient (Wildman–Crippen LogP) is 5.73. The van der Waals surface area contributed by atoms with E-state index in [1.165, 1.54) is 0 Å².